The van der Waals surface area contributed by atoms with Crippen LogP contribution in [0.3, 0.4) is 0 Å². The first-order valence-corrected chi connectivity index (χ1v) is 10.6. The third-order valence-corrected chi connectivity index (χ3v) is 5.46. The molecule has 0 aliphatic carbocycles. The van der Waals surface area contributed by atoms with E-state index in [2.05, 4.69) is 15.6 Å². The molecule has 7 heteroatoms. The summed E-state index contributed by atoms with van der Waals surface area (Å²) in [5, 5.41) is 8.90. The average Bonchev–Trinajstić information content (AvgIpc) is 3.40. The van der Waals surface area contributed by atoms with E-state index in [1.807, 2.05) is 42.6 Å². The summed E-state index contributed by atoms with van der Waals surface area (Å²) < 4.78 is 5.13. The summed E-state index contributed by atoms with van der Waals surface area (Å²) in [5.41, 5.74) is 2.03. The molecule has 2 N–H and O–H groups in total. The van der Waals surface area contributed by atoms with Crippen LogP contribution in [0.2, 0.25) is 0 Å². The molecule has 6 nitrogen and oxygen atoms in total. The van der Waals surface area contributed by atoms with Gasteiger partial charge in [-0.3, -0.25) is 9.59 Å². The van der Waals surface area contributed by atoms with Gasteiger partial charge in [-0.1, -0.05) is 30.3 Å². The van der Waals surface area contributed by atoms with E-state index in [1.165, 1.54) is 6.26 Å². The molecule has 3 aromatic rings. The highest BCUT2D eigenvalue weighted by Crippen LogP contribution is 2.11. The predicted octanol–water partition coefficient (Wildman–Crippen LogP) is 3.52. The van der Waals surface area contributed by atoms with Crippen molar-refractivity contribution in [3.8, 4) is 0 Å². The molecule has 152 valence electrons. The molecule has 0 bridgehead atoms. The number of hydrogen-bond acceptors (Lipinski definition) is 5. The van der Waals surface area contributed by atoms with Crippen LogP contribution in [0, 0.1) is 6.92 Å². The smallest absolute Gasteiger partial charge is 0.287 e. The van der Waals surface area contributed by atoms with Crippen molar-refractivity contribution < 1.29 is 14.0 Å². The number of amides is 2. The third kappa shape index (κ3) is 6.57. The normalized spacial score (nSPS) is 11.8. The Morgan fingerprint density at radius 1 is 1.14 bits per heavy atom. The molecular formula is C22H25N3O3S. The largest absolute Gasteiger partial charge is 0.459 e. The van der Waals surface area contributed by atoms with E-state index in [0.29, 0.717) is 13.0 Å². The fourth-order valence-electron chi connectivity index (χ4n) is 2.95. The van der Waals surface area contributed by atoms with Crippen LogP contribution in [0.1, 0.15) is 39.7 Å². The van der Waals surface area contributed by atoms with Gasteiger partial charge in [0.15, 0.2) is 5.76 Å². The van der Waals surface area contributed by atoms with Gasteiger partial charge in [-0.15, -0.1) is 11.3 Å². The van der Waals surface area contributed by atoms with Crippen molar-refractivity contribution in [1.82, 2.24) is 15.6 Å². The minimum Gasteiger partial charge on any atom is -0.459 e. The van der Waals surface area contributed by atoms with E-state index in [4.69, 9.17) is 4.42 Å². The Morgan fingerprint density at radius 2 is 1.97 bits per heavy atom. The SMILES string of the molecule is Cc1csc(CCCCNC(=O)C(Cc2ccccc2)NC(=O)c2ccco2)n1. The van der Waals surface area contributed by atoms with Crippen LogP contribution in [0.4, 0.5) is 0 Å². The number of hydrogen-bond donors (Lipinski definition) is 2. The summed E-state index contributed by atoms with van der Waals surface area (Å²) in [4.78, 5) is 29.5. The van der Waals surface area contributed by atoms with Gasteiger partial charge in [-0.2, -0.15) is 0 Å². The zero-order chi connectivity index (χ0) is 20.5. The lowest BCUT2D eigenvalue weighted by molar-refractivity contribution is -0.122. The Hall–Kier alpha value is -2.93. The molecule has 0 saturated carbocycles. The monoisotopic (exact) mass is 411 g/mol. The molecule has 0 spiro atoms. The average molecular weight is 412 g/mol. The minimum absolute atomic E-state index is 0.189. The highest BCUT2D eigenvalue weighted by atomic mass is 32.1. The quantitative estimate of drug-likeness (QED) is 0.500. The molecule has 1 atom stereocenters. The second-order valence-electron chi connectivity index (χ2n) is 6.82. The van der Waals surface area contributed by atoms with E-state index >= 15 is 0 Å². The maximum Gasteiger partial charge on any atom is 0.287 e. The standard InChI is InChI=1S/C22H25N3O3S/c1-16-15-29-20(24-16)11-5-6-12-23-21(26)18(14-17-8-3-2-4-9-17)25-22(27)19-10-7-13-28-19/h2-4,7-10,13,15,18H,5-6,11-12,14H2,1H3,(H,23,26)(H,25,27). The number of carbonyl (C=O) groups is 2. The number of aryl methyl sites for hydroxylation is 2. The van der Waals surface area contributed by atoms with Crippen molar-refractivity contribution in [2.45, 2.75) is 38.6 Å². The van der Waals surface area contributed by atoms with Crippen molar-refractivity contribution in [2.75, 3.05) is 6.54 Å². The van der Waals surface area contributed by atoms with Crippen LogP contribution in [-0.4, -0.2) is 29.4 Å². The summed E-state index contributed by atoms with van der Waals surface area (Å²) in [5.74, 6) is -0.404. The highest BCUT2D eigenvalue weighted by molar-refractivity contribution is 7.09. The van der Waals surface area contributed by atoms with Crippen LogP contribution in [0.5, 0.6) is 0 Å². The van der Waals surface area contributed by atoms with Crippen LogP contribution >= 0.6 is 11.3 Å². The van der Waals surface area contributed by atoms with Crippen LogP contribution in [0.25, 0.3) is 0 Å². The number of thiazole rings is 1. The van der Waals surface area contributed by atoms with E-state index < -0.39 is 11.9 Å². The molecule has 0 aliphatic rings. The fourth-order valence-corrected chi connectivity index (χ4v) is 3.77. The Labute approximate surface area is 174 Å². The summed E-state index contributed by atoms with van der Waals surface area (Å²) >= 11 is 1.67. The van der Waals surface area contributed by atoms with Crippen LogP contribution < -0.4 is 10.6 Å². The molecule has 1 unspecified atom stereocenters. The molecule has 0 fully saturated rings. The lowest BCUT2D eigenvalue weighted by Crippen LogP contribution is -2.48. The lowest BCUT2D eigenvalue weighted by Gasteiger charge is -2.18. The van der Waals surface area contributed by atoms with Crippen molar-refractivity contribution in [1.29, 1.82) is 0 Å². The first kappa shape index (κ1) is 20.8. The topological polar surface area (TPSA) is 84.2 Å². The number of aromatic nitrogens is 1. The first-order valence-electron chi connectivity index (χ1n) is 9.69. The van der Waals surface area contributed by atoms with Crippen molar-refractivity contribution in [3.63, 3.8) is 0 Å². The summed E-state index contributed by atoms with van der Waals surface area (Å²) in [7, 11) is 0. The Balaban J connectivity index is 1.51. The van der Waals surface area contributed by atoms with Gasteiger partial charge < -0.3 is 15.1 Å². The number of carbonyl (C=O) groups excluding carboxylic acids is 2. The molecule has 29 heavy (non-hydrogen) atoms. The molecule has 1 aromatic carbocycles. The van der Waals surface area contributed by atoms with Crippen molar-refractivity contribution in [2.24, 2.45) is 0 Å². The van der Waals surface area contributed by atoms with Crippen LogP contribution in [-0.2, 0) is 17.6 Å². The molecule has 2 heterocycles. The fraction of sp³-hybridized carbons (Fsp3) is 0.318. The molecule has 3 rings (SSSR count). The maximum atomic E-state index is 12.7. The van der Waals surface area contributed by atoms with E-state index in [9.17, 15) is 9.59 Å². The molecule has 2 aromatic heterocycles. The lowest BCUT2D eigenvalue weighted by atomic mass is 10.0. The van der Waals surface area contributed by atoms with Crippen molar-refractivity contribution in [3.05, 3.63) is 76.1 Å². The van der Waals surface area contributed by atoms with Crippen molar-refractivity contribution >= 4 is 23.2 Å². The second-order valence-corrected chi connectivity index (χ2v) is 7.77. The van der Waals surface area contributed by atoms with Gasteiger partial charge in [0.1, 0.15) is 6.04 Å². The zero-order valence-electron chi connectivity index (χ0n) is 16.4. The number of rotatable bonds is 10. The molecule has 0 radical (unpaired) electrons. The van der Waals surface area contributed by atoms with Gasteiger partial charge in [0.2, 0.25) is 5.91 Å². The third-order valence-electron chi connectivity index (χ3n) is 4.43. The summed E-state index contributed by atoms with van der Waals surface area (Å²) in [6.07, 6.45) is 4.57. The molecule has 0 aliphatic heterocycles. The van der Waals surface area contributed by atoms with E-state index in [1.54, 1.807) is 23.5 Å². The van der Waals surface area contributed by atoms with Crippen LogP contribution in [0.15, 0.2) is 58.5 Å². The molecule has 2 amide bonds. The Bertz CT molecular complexity index is 907. The summed E-state index contributed by atoms with van der Waals surface area (Å²) in [6.45, 7) is 2.55. The number of nitrogens with zero attached hydrogens (tertiary/aromatic N) is 1. The van der Waals surface area contributed by atoms with Gasteiger partial charge in [0, 0.05) is 24.0 Å². The summed E-state index contributed by atoms with van der Waals surface area (Å²) in [6, 6.07) is 12.2. The number of unbranched alkanes of at least 4 members (excludes halogenated alkanes) is 1. The first-order chi connectivity index (χ1) is 14.1. The Morgan fingerprint density at radius 3 is 2.66 bits per heavy atom. The van der Waals surface area contributed by atoms with Gasteiger partial charge in [0.25, 0.3) is 5.91 Å². The zero-order valence-corrected chi connectivity index (χ0v) is 17.2. The maximum absolute atomic E-state index is 12.7. The number of nitrogens with one attached hydrogen (secondary N) is 2. The van der Waals surface area contributed by atoms with E-state index in [0.717, 1.165) is 35.5 Å². The van der Waals surface area contributed by atoms with Gasteiger partial charge in [-0.25, -0.2) is 4.98 Å². The molecule has 0 saturated heterocycles. The second kappa shape index (κ2) is 10.6. The van der Waals surface area contributed by atoms with Gasteiger partial charge >= 0.3 is 0 Å². The van der Waals surface area contributed by atoms with E-state index in [-0.39, 0.29) is 11.7 Å². The predicted molar refractivity (Wildman–Crippen MR) is 113 cm³/mol. The minimum atomic E-state index is -0.670. The Kier molecular flexibility index (Phi) is 7.58. The number of benzene rings is 1. The van der Waals surface area contributed by atoms with Gasteiger partial charge in [-0.05, 0) is 43.9 Å². The highest BCUT2D eigenvalue weighted by Gasteiger charge is 2.22. The molecular weight excluding hydrogens is 386 g/mol. The van der Waals surface area contributed by atoms with Gasteiger partial charge in [0.05, 0.1) is 11.3 Å². The number of furan rings is 1.